The smallest absolute Gasteiger partial charge is 0.242 e. The standard InChI is InChI=1S/C28H39ClN2O4/c1-5-9-18-30-28(33)24(6-2)31(20-22-10-14-23(29)15-11-22)27(32)17-13-21-12-16-25(34-7-3)26(19-21)35-8-4/h10-12,14-16,19,24H,5-9,13,17-18,20H2,1-4H3,(H,30,33). The van der Waals surface area contributed by atoms with Gasteiger partial charge in [0.05, 0.1) is 13.2 Å². The van der Waals surface area contributed by atoms with Crippen LogP contribution in [0.25, 0.3) is 0 Å². The summed E-state index contributed by atoms with van der Waals surface area (Å²) in [5.74, 6) is 1.20. The number of carbonyl (C=O) groups excluding carboxylic acids is 2. The van der Waals surface area contributed by atoms with Crippen LogP contribution in [0.2, 0.25) is 5.02 Å². The van der Waals surface area contributed by atoms with Gasteiger partial charge in [-0.1, -0.05) is 50.1 Å². The first-order chi connectivity index (χ1) is 16.9. The number of nitrogens with one attached hydrogen (secondary N) is 1. The summed E-state index contributed by atoms with van der Waals surface area (Å²) < 4.78 is 11.4. The van der Waals surface area contributed by atoms with E-state index in [4.69, 9.17) is 21.1 Å². The maximum Gasteiger partial charge on any atom is 0.242 e. The van der Waals surface area contributed by atoms with E-state index in [1.807, 2.05) is 51.1 Å². The van der Waals surface area contributed by atoms with Crippen molar-refractivity contribution in [3.05, 3.63) is 58.6 Å². The van der Waals surface area contributed by atoms with Crippen LogP contribution in [-0.2, 0) is 22.6 Å². The molecule has 0 fully saturated rings. The molecule has 1 N–H and O–H groups in total. The SMILES string of the molecule is CCCCNC(=O)C(CC)N(Cc1ccc(Cl)cc1)C(=O)CCc1ccc(OCC)c(OCC)c1. The monoisotopic (exact) mass is 502 g/mol. The molecule has 1 unspecified atom stereocenters. The Morgan fingerprint density at radius 2 is 1.60 bits per heavy atom. The van der Waals surface area contributed by atoms with Gasteiger partial charge in [-0.2, -0.15) is 0 Å². The van der Waals surface area contributed by atoms with Crippen LogP contribution in [-0.4, -0.2) is 42.5 Å². The van der Waals surface area contributed by atoms with E-state index in [2.05, 4.69) is 12.2 Å². The van der Waals surface area contributed by atoms with Gasteiger partial charge in [-0.05, 0) is 68.5 Å². The van der Waals surface area contributed by atoms with Crippen LogP contribution in [0.15, 0.2) is 42.5 Å². The van der Waals surface area contributed by atoms with Gasteiger partial charge in [0.1, 0.15) is 6.04 Å². The Labute approximate surface area is 214 Å². The van der Waals surface area contributed by atoms with E-state index in [1.54, 1.807) is 17.0 Å². The maximum absolute atomic E-state index is 13.5. The molecule has 0 aliphatic heterocycles. The molecule has 0 aliphatic rings. The second kappa shape index (κ2) is 15.3. The molecule has 0 saturated carbocycles. The number of nitrogens with zero attached hydrogens (tertiary/aromatic N) is 1. The number of hydrogen-bond donors (Lipinski definition) is 1. The predicted octanol–water partition coefficient (Wildman–Crippen LogP) is 5.79. The topological polar surface area (TPSA) is 67.9 Å². The van der Waals surface area contributed by atoms with Crippen molar-refractivity contribution in [2.24, 2.45) is 0 Å². The van der Waals surface area contributed by atoms with E-state index in [9.17, 15) is 9.59 Å². The first-order valence-electron chi connectivity index (χ1n) is 12.6. The zero-order valence-electron chi connectivity index (χ0n) is 21.4. The van der Waals surface area contributed by atoms with E-state index < -0.39 is 6.04 Å². The van der Waals surface area contributed by atoms with Gasteiger partial charge in [0.2, 0.25) is 11.8 Å². The molecule has 0 spiro atoms. The van der Waals surface area contributed by atoms with Crippen molar-refractivity contribution in [1.82, 2.24) is 10.2 Å². The Morgan fingerprint density at radius 1 is 0.943 bits per heavy atom. The molecule has 2 rings (SSSR count). The lowest BCUT2D eigenvalue weighted by Crippen LogP contribution is -2.49. The Hall–Kier alpha value is -2.73. The lowest BCUT2D eigenvalue weighted by atomic mass is 10.1. The highest BCUT2D eigenvalue weighted by Gasteiger charge is 2.28. The number of unbranched alkanes of at least 4 members (excludes halogenated alkanes) is 1. The summed E-state index contributed by atoms with van der Waals surface area (Å²) in [6, 6.07) is 12.6. The molecule has 0 bridgehead atoms. The minimum absolute atomic E-state index is 0.0655. The fourth-order valence-corrected chi connectivity index (χ4v) is 3.98. The van der Waals surface area contributed by atoms with Crippen molar-refractivity contribution in [2.45, 2.75) is 72.4 Å². The quantitative estimate of drug-likeness (QED) is 0.313. The van der Waals surface area contributed by atoms with Crippen LogP contribution in [0, 0.1) is 0 Å². The first kappa shape index (κ1) is 28.5. The Bertz CT molecular complexity index is 933. The Balaban J connectivity index is 2.19. The highest BCUT2D eigenvalue weighted by molar-refractivity contribution is 6.30. The summed E-state index contributed by atoms with van der Waals surface area (Å²) in [6.45, 7) is 9.92. The van der Waals surface area contributed by atoms with E-state index in [1.165, 1.54) is 0 Å². The van der Waals surface area contributed by atoms with Gasteiger partial charge >= 0.3 is 0 Å². The third kappa shape index (κ3) is 9.10. The number of carbonyl (C=O) groups is 2. The number of benzene rings is 2. The molecule has 2 aromatic carbocycles. The summed E-state index contributed by atoms with van der Waals surface area (Å²) in [7, 11) is 0. The first-order valence-corrected chi connectivity index (χ1v) is 13.0. The molecular weight excluding hydrogens is 464 g/mol. The summed E-state index contributed by atoms with van der Waals surface area (Å²) in [4.78, 5) is 28.1. The zero-order valence-corrected chi connectivity index (χ0v) is 22.2. The maximum atomic E-state index is 13.5. The molecule has 192 valence electrons. The molecular formula is C28H39ClN2O4. The van der Waals surface area contributed by atoms with Gasteiger partial charge in [-0.25, -0.2) is 0 Å². The minimum atomic E-state index is -0.533. The molecule has 0 aromatic heterocycles. The van der Waals surface area contributed by atoms with Crippen LogP contribution in [0.3, 0.4) is 0 Å². The van der Waals surface area contributed by atoms with Gasteiger partial charge in [-0.3, -0.25) is 9.59 Å². The van der Waals surface area contributed by atoms with Gasteiger partial charge in [-0.15, -0.1) is 0 Å². The number of amides is 2. The van der Waals surface area contributed by atoms with Crippen molar-refractivity contribution in [1.29, 1.82) is 0 Å². The van der Waals surface area contributed by atoms with Gasteiger partial charge < -0.3 is 19.7 Å². The minimum Gasteiger partial charge on any atom is -0.490 e. The highest BCUT2D eigenvalue weighted by Crippen LogP contribution is 2.29. The number of hydrogen-bond acceptors (Lipinski definition) is 4. The third-order valence-electron chi connectivity index (χ3n) is 5.72. The van der Waals surface area contributed by atoms with Crippen molar-refractivity contribution in [3.63, 3.8) is 0 Å². The lowest BCUT2D eigenvalue weighted by Gasteiger charge is -2.31. The largest absolute Gasteiger partial charge is 0.490 e. The number of rotatable bonds is 15. The van der Waals surface area contributed by atoms with Crippen molar-refractivity contribution < 1.29 is 19.1 Å². The van der Waals surface area contributed by atoms with E-state index in [-0.39, 0.29) is 18.2 Å². The van der Waals surface area contributed by atoms with Gasteiger partial charge in [0.15, 0.2) is 11.5 Å². The summed E-state index contributed by atoms with van der Waals surface area (Å²) >= 11 is 6.04. The zero-order chi connectivity index (χ0) is 25.6. The molecule has 7 heteroatoms. The molecule has 0 radical (unpaired) electrons. The average molecular weight is 503 g/mol. The predicted molar refractivity (Wildman–Crippen MR) is 141 cm³/mol. The number of ether oxygens (including phenoxy) is 2. The second-order valence-electron chi connectivity index (χ2n) is 8.36. The molecule has 35 heavy (non-hydrogen) atoms. The summed E-state index contributed by atoms with van der Waals surface area (Å²) in [5.41, 5.74) is 1.92. The van der Waals surface area contributed by atoms with Crippen molar-refractivity contribution >= 4 is 23.4 Å². The van der Waals surface area contributed by atoms with Crippen molar-refractivity contribution in [3.8, 4) is 11.5 Å². The van der Waals surface area contributed by atoms with Crippen LogP contribution in [0.4, 0.5) is 0 Å². The van der Waals surface area contributed by atoms with E-state index >= 15 is 0 Å². The normalized spacial score (nSPS) is 11.6. The molecule has 0 heterocycles. The fraction of sp³-hybridized carbons (Fsp3) is 0.500. The van der Waals surface area contributed by atoms with Gasteiger partial charge in [0.25, 0.3) is 0 Å². The van der Waals surface area contributed by atoms with Crippen LogP contribution >= 0.6 is 11.6 Å². The summed E-state index contributed by atoms with van der Waals surface area (Å²) in [5, 5.41) is 3.63. The summed E-state index contributed by atoms with van der Waals surface area (Å²) in [6.07, 6.45) is 3.26. The lowest BCUT2D eigenvalue weighted by molar-refractivity contribution is -0.141. The fourth-order valence-electron chi connectivity index (χ4n) is 3.86. The van der Waals surface area contributed by atoms with Crippen LogP contribution in [0.1, 0.15) is 64.5 Å². The third-order valence-corrected chi connectivity index (χ3v) is 5.97. The molecule has 1 atom stereocenters. The molecule has 6 nitrogen and oxygen atoms in total. The van der Waals surface area contributed by atoms with Crippen molar-refractivity contribution in [2.75, 3.05) is 19.8 Å². The average Bonchev–Trinajstić information content (AvgIpc) is 2.85. The number of halogens is 1. The highest BCUT2D eigenvalue weighted by atomic mass is 35.5. The van der Waals surface area contributed by atoms with E-state index in [0.29, 0.717) is 55.7 Å². The van der Waals surface area contributed by atoms with E-state index in [0.717, 1.165) is 24.0 Å². The molecule has 0 saturated heterocycles. The Morgan fingerprint density at radius 3 is 2.23 bits per heavy atom. The molecule has 2 aromatic rings. The molecule has 0 aliphatic carbocycles. The van der Waals surface area contributed by atoms with Crippen LogP contribution < -0.4 is 14.8 Å². The second-order valence-corrected chi connectivity index (χ2v) is 8.80. The number of aryl methyl sites for hydroxylation is 1. The van der Waals surface area contributed by atoms with Crippen LogP contribution in [0.5, 0.6) is 11.5 Å². The Kier molecular flexibility index (Phi) is 12.5. The van der Waals surface area contributed by atoms with Gasteiger partial charge in [0, 0.05) is 24.5 Å². The molecule has 2 amide bonds.